The minimum Gasteiger partial charge on any atom is -0.298 e. The molecule has 2 rings (SSSR count). The Kier molecular flexibility index (Phi) is 3.19. The molecule has 1 aromatic heterocycles. The molecular formula is C12H18N2O. The number of carbonyl (C=O) groups is 1. The van der Waals surface area contributed by atoms with E-state index in [0.717, 1.165) is 17.5 Å². The molecule has 15 heavy (non-hydrogen) atoms. The van der Waals surface area contributed by atoms with Crippen molar-refractivity contribution in [2.24, 2.45) is 7.05 Å². The summed E-state index contributed by atoms with van der Waals surface area (Å²) in [7, 11) is 1.88. The summed E-state index contributed by atoms with van der Waals surface area (Å²) < 4.78 is 1.75. The van der Waals surface area contributed by atoms with E-state index in [4.69, 9.17) is 0 Å². The van der Waals surface area contributed by atoms with E-state index < -0.39 is 0 Å². The number of hydrogen-bond donors (Lipinski definition) is 0. The van der Waals surface area contributed by atoms with Gasteiger partial charge in [0.2, 0.25) is 0 Å². The molecule has 0 aliphatic heterocycles. The third kappa shape index (κ3) is 2.28. The third-order valence-corrected chi connectivity index (χ3v) is 3.26. The standard InChI is InChI=1S/C12H18N2O/c1-14-8-11(9-15)12(13-14)10-6-4-2-3-5-7-10/h8-10H,2-7H2,1H3. The Hall–Kier alpha value is -1.12. The Balaban J connectivity index is 2.22. The highest BCUT2D eigenvalue weighted by Gasteiger charge is 2.20. The largest absolute Gasteiger partial charge is 0.298 e. The number of nitrogens with zero attached hydrogens (tertiary/aromatic N) is 2. The van der Waals surface area contributed by atoms with E-state index in [-0.39, 0.29) is 0 Å². The molecule has 0 bridgehead atoms. The fourth-order valence-electron chi connectivity index (χ4n) is 2.48. The van der Waals surface area contributed by atoms with Crippen molar-refractivity contribution < 1.29 is 4.79 Å². The molecule has 0 N–H and O–H groups in total. The van der Waals surface area contributed by atoms with Crippen LogP contribution in [0.25, 0.3) is 0 Å². The molecule has 3 heteroatoms. The lowest BCUT2D eigenvalue weighted by Crippen LogP contribution is -2.02. The van der Waals surface area contributed by atoms with Gasteiger partial charge in [0, 0.05) is 19.2 Å². The molecule has 0 unspecified atom stereocenters. The van der Waals surface area contributed by atoms with Crippen LogP contribution in [-0.2, 0) is 7.05 Å². The molecule has 1 aliphatic rings. The van der Waals surface area contributed by atoms with Crippen LogP contribution in [-0.4, -0.2) is 16.1 Å². The smallest absolute Gasteiger partial charge is 0.153 e. The lowest BCUT2D eigenvalue weighted by atomic mass is 9.94. The van der Waals surface area contributed by atoms with Gasteiger partial charge < -0.3 is 0 Å². The number of rotatable bonds is 2. The van der Waals surface area contributed by atoms with Gasteiger partial charge in [-0.1, -0.05) is 25.7 Å². The fraction of sp³-hybridized carbons (Fsp3) is 0.667. The lowest BCUT2D eigenvalue weighted by Gasteiger charge is -2.11. The summed E-state index contributed by atoms with van der Waals surface area (Å²) in [6.07, 6.45) is 10.4. The molecule has 0 atom stereocenters. The highest BCUT2D eigenvalue weighted by atomic mass is 16.1. The summed E-state index contributed by atoms with van der Waals surface area (Å²) in [6.45, 7) is 0. The van der Waals surface area contributed by atoms with Crippen LogP contribution in [0.5, 0.6) is 0 Å². The third-order valence-electron chi connectivity index (χ3n) is 3.26. The van der Waals surface area contributed by atoms with Crippen LogP contribution < -0.4 is 0 Å². The van der Waals surface area contributed by atoms with Gasteiger partial charge in [0.1, 0.15) is 0 Å². The maximum Gasteiger partial charge on any atom is 0.153 e. The van der Waals surface area contributed by atoms with Gasteiger partial charge in [0.25, 0.3) is 0 Å². The van der Waals surface area contributed by atoms with Gasteiger partial charge in [-0.3, -0.25) is 9.48 Å². The van der Waals surface area contributed by atoms with E-state index in [9.17, 15) is 4.79 Å². The maximum atomic E-state index is 10.9. The monoisotopic (exact) mass is 206 g/mol. The molecule has 1 heterocycles. The van der Waals surface area contributed by atoms with Gasteiger partial charge in [0.05, 0.1) is 11.3 Å². The molecule has 1 aromatic rings. The van der Waals surface area contributed by atoms with Crippen LogP contribution >= 0.6 is 0 Å². The molecule has 1 aliphatic carbocycles. The van der Waals surface area contributed by atoms with Crippen molar-refractivity contribution in [3.63, 3.8) is 0 Å². The van der Waals surface area contributed by atoms with Crippen molar-refractivity contribution in [1.82, 2.24) is 9.78 Å². The molecular weight excluding hydrogens is 188 g/mol. The van der Waals surface area contributed by atoms with Crippen molar-refractivity contribution in [3.05, 3.63) is 17.5 Å². The first-order valence-corrected chi connectivity index (χ1v) is 5.80. The number of aldehydes is 1. The summed E-state index contributed by atoms with van der Waals surface area (Å²) in [6, 6.07) is 0. The summed E-state index contributed by atoms with van der Waals surface area (Å²) >= 11 is 0. The molecule has 0 amide bonds. The quantitative estimate of drug-likeness (QED) is 0.551. The maximum absolute atomic E-state index is 10.9. The van der Waals surface area contributed by atoms with Crippen LogP contribution in [0.1, 0.15) is 60.5 Å². The second-order valence-electron chi connectivity index (χ2n) is 4.45. The summed E-state index contributed by atoms with van der Waals surface area (Å²) in [4.78, 5) is 10.9. The van der Waals surface area contributed by atoms with Crippen LogP contribution in [0.4, 0.5) is 0 Å². The van der Waals surface area contributed by atoms with Crippen molar-refractivity contribution >= 4 is 6.29 Å². The molecule has 1 fully saturated rings. The molecule has 3 nitrogen and oxygen atoms in total. The second kappa shape index (κ2) is 4.60. The summed E-state index contributed by atoms with van der Waals surface area (Å²) in [5, 5.41) is 4.43. The number of hydrogen-bond acceptors (Lipinski definition) is 2. The van der Waals surface area contributed by atoms with Crippen molar-refractivity contribution in [2.75, 3.05) is 0 Å². The molecule has 82 valence electrons. The number of aromatic nitrogens is 2. The van der Waals surface area contributed by atoms with E-state index in [1.165, 1.54) is 38.5 Å². The first-order valence-electron chi connectivity index (χ1n) is 5.80. The van der Waals surface area contributed by atoms with Gasteiger partial charge >= 0.3 is 0 Å². The van der Waals surface area contributed by atoms with E-state index in [1.807, 2.05) is 13.2 Å². The van der Waals surface area contributed by atoms with E-state index >= 15 is 0 Å². The Morgan fingerprint density at radius 3 is 2.60 bits per heavy atom. The minimum atomic E-state index is 0.508. The second-order valence-corrected chi connectivity index (χ2v) is 4.45. The first-order chi connectivity index (χ1) is 7.31. The summed E-state index contributed by atoms with van der Waals surface area (Å²) in [5.74, 6) is 0.508. The van der Waals surface area contributed by atoms with Gasteiger partial charge in [-0.2, -0.15) is 5.10 Å². The van der Waals surface area contributed by atoms with Crippen molar-refractivity contribution in [3.8, 4) is 0 Å². The average molecular weight is 206 g/mol. The first kappa shape index (κ1) is 10.4. The topological polar surface area (TPSA) is 34.9 Å². The van der Waals surface area contributed by atoms with Crippen LogP contribution in [0, 0.1) is 0 Å². The zero-order chi connectivity index (χ0) is 10.7. The molecule has 0 spiro atoms. The Bertz CT molecular complexity index is 335. The van der Waals surface area contributed by atoms with Gasteiger partial charge in [-0.15, -0.1) is 0 Å². The Morgan fingerprint density at radius 2 is 2.00 bits per heavy atom. The van der Waals surface area contributed by atoms with Crippen LogP contribution in [0.3, 0.4) is 0 Å². The normalized spacial score (nSPS) is 18.7. The van der Waals surface area contributed by atoms with Gasteiger partial charge in [0.15, 0.2) is 6.29 Å². The number of carbonyl (C=O) groups excluding carboxylic acids is 1. The van der Waals surface area contributed by atoms with Crippen molar-refractivity contribution in [1.29, 1.82) is 0 Å². The highest BCUT2D eigenvalue weighted by Crippen LogP contribution is 2.31. The van der Waals surface area contributed by atoms with Crippen molar-refractivity contribution in [2.45, 2.75) is 44.4 Å². The highest BCUT2D eigenvalue weighted by molar-refractivity contribution is 5.76. The van der Waals surface area contributed by atoms with Gasteiger partial charge in [-0.05, 0) is 12.8 Å². The molecule has 0 aromatic carbocycles. The zero-order valence-electron chi connectivity index (χ0n) is 9.28. The molecule has 1 saturated carbocycles. The zero-order valence-corrected chi connectivity index (χ0v) is 9.28. The van der Waals surface area contributed by atoms with Crippen LogP contribution in [0.15, 0.2) is 6.20 Å². The van der Waals surface area contributed by atoms with E-state index in [0.29, 0.717) is 5.92 Å². The molecule has 0 radical (unpaired) electrons. The number of aryl methyl sites for hydroxylation is 1. The Morgan fingerprint density at radius 1 is 1.33 bits per heavy atom. The SMILES string of the molecule is Cn1cc(C=O)c(C2CCCCCC2)n1. The Labute approximate surface area is 90.5 Å². The minimum absolute atomic E-state index is 0.508. The van der Waals surface area contributed by atoms with Crippen LogP contribution in [0.2, 0.25) is 0 Å². The fourth-order valence-corrected chi connectivity index (χ4v) is 2.48. The average Bonchev–Trinajstić information content (AvgIpc) is 2.47. The van der Waals surface area contributed by atoms with Gasteiger partial charge in [-0.25, -0.2) is 0 Å². The van der Waals surface area contributed by atoms with E-state index in [2.05, 4.69) is 5.10 Å². The van der Waals surface area contributed by atoms with E-state index in [1.54, 1.807) is 4.68 Å². The predicted molar refractivity (Wildman–Crippen MR) is 59.0 cm³/mol. The lowest BCUT2D eigenvalue weighted by molar-refractivity contribution is 0.112. The predicted octanol–water partition coefficient (Wildman–Crippen LogP) is 2.67. The molecule has 0 saturated heterocycles. The summed E-state index contributed by atoms with van der Waals surface area (Å²) in [5.41, 5.74) is 1.80.